The predicted molar refractivity (Wildman–Crippen MR) is 89.9 cm³/mol. The van der Waals surface area contributed by atoms with E-state index in [0.717, 1.165) is 23.7 Å². The first-order chi connectivity index (χ1) is 10.1. The second-order valence-corrected chi connectivity index (χ2v) is 6.15. The Morgan fingerprint density at radius 1 is 1.27 bits per heavy atom. The third-order valence-corrected chi connectivity index (χ3v) is 4.39. The molecule has 0 N–H and O–H groups in total. The second kappa shape index (κ2) is 9.52. The quantitative estimate of drug-likeness (QED) is 0.444. The van der Waals surface area contributed by atoms with Gasteiger partial charge >= 0.3 is 35.2 Å². The van der Waals surface area contributed by atoms with Crippen LogP contribution in [0.15, 0.2) is 28.7 Å². The Morgan fingerprint density at radius 3 is 2.59 bits per heavy atom. The van der Waals surface area contributed by atoms with E-state index >= 15 is 0 Å². The third kappa shape index (κ3) is 5.55. The topological polar surface area (TPSA) is 52.6 Å². The van der Waals surface area contributed by atoms with E-state index in [1.807, 2.05) is 12.1 Å². The van der Waals surface area contributed by atoms with Gasteiger partial charge in [-0.1, -0.05) is 41.4 Å². The fraction of sp³-hybridized carbons (Fsp3) is 0.500. The van der Waals surface area contributed by atoms with Crippen LogP contribution in [0.1, 0.15) is 46.9 Å². The van der Waals surface area contributed by atoms with Gasteiger partial charge in [0.25, 0.3) is 0 Å². The Bertz CT molecular complexity index is 513. The van der Waals surface area contributed by atoms with Crippen LogP contribution >= 0.6 is 15.9 Å². The predicted octanol–water partition coefficient (Wildman–Crippen LogP) is 4.27. The van der Waals surface area contributed by atoms with Gasteiger partial charge in [-0.3, -0.25) is 4.79 Å². The number of esters is 1. The van der Waals surface area contributed by atoms with Crippen molar-refractivity contribution in [2.24, 2.45) is 5.92 Å². The maximum atomic E-state index is 11.4. The van der Waals surface area contributed by atoms with Gasteiger partial charge in [0.05, 0.1) is 6.61 Å². The molecule has 0 bridgehead atoms. The van der Waals surface area contributed by atoms with Crippen molar-refractivity contribution < 1.29 is 21.9 Å². The molecule has 0 heterocycles. The van der Waals surface area contributed by atoms with Crippen LogP contribution in [-0.4, -0.2) is 41.8 Å². The number of benzene rings is 1. The van der Waals surface area contributed by atoms with Gasteiger partial charge in [-0.2, -0.15) is 0 Å². The molecule has 1 aromatic rings. The summed E-state index contributed by atoms with van der Waals surface area (Å²) in [6, 6.07) is 8.26. The van der Waals surface area contributed by atoms with E-state index in [9.17, 15) is 9.59 Å². The van der Waals surface area contributed by atoms with Crippen molar-refractivity contribution in [1.82, 2.24) is 0 Å². The van der Waals surface area contributed by atoms with E-state index in [1.165, 1.54) is 5.56 Å². The molecule has 0 spiro atoms. The van der Waals surface area contributed by atoms with Crippen LogP contribution < -0.4 is 0 Å². The van der Waals surface area contributed by atoms with Gasteiger partial charge in [-0.05, 0) is 36.5 Å². The molecule has 4 nitrogen and oxygen atoms in total. The number of hydrogen-bond donors (Lipinski definition) is 0. The number of carbonyl (C=O) groups excluding carboxylic acids is 2. The van der Waals surface area contributed by atoms with Crippen LogP contribution in [0.3, 0.4) is 0 Å². The van der Waals surface area contributed by atoms with Gasteiger partial charge < -0.3 is 12.3 Å². The molecule has 1 aliphatic carbocycles. The van der Waals surface area contributed by atoms with Crippen molar-refractivity contribution in [3.63, 3.8) is 0 Å². The molecule has 22 heavy (non-hydrogen) atoms. The Balaban J connectivity index is 0. The average molecular weight is 382 g/mol. The maximum Gasteiger partial charge on any atom is 2.00 e. The first-order valence-corrected chi connectivity index (χ1v) is 8.02. The monoisotopic (exact) mass is 380 g/mol. The second-order valence-electron chi connectivity index (χ2n) is 5.24. The van der Waals surface area contributed by atoms with Crippen LogP contribution in [0.4, 0.5) is 4.79 Å². The summed E-state index contributed by atoms with van der Waals surface area (Å²) in [6.45, 7) is 1.94. The first-order valence-electron chi connectivity index (χ1n) is 7.23. The molecule has 2 unspecified atom stereocenters. The third-order valence-electron chi connectivity index (χ3n) is 3.86. The molecule has 118 valence electrons. The van der Waals surface area contributed by atoms with Crippen molar-refractivity contribution in [2.75, 3.05) is 6.61 Å². The summed E-state index contributed by atoms with van der Waals surface area (Å²) in [5, 5.41) is 0. The van der Waals surface area contributed by atoms with Gasteiger partial charge in [0.2, 0.25) is 0 Å². The van der Waals surface area contributed by atoms with Crippen LogP contribution in [0.2, 0.25) is 0 Å². The average Bonchev–Trinajstić information content (AvgIpc) is 2.94. The number of halogens is 1. The molecular formula is C16H21BrMgO4. The Morgan fingerprint density at radius 2 is 1.95 bits per heavy atom. The van der Waals surface area contributed by atoms with E-state index in [-0.39, 0.29) is 38.2 Å². The maximum absolute atomic E-state index is 11.4. The summed E-state index contributed by atoms with van der Waals surface area (Å²) in [7, 11) is 0. The minimum atomic E-state index is -0.886. The number of carbonyl (C=O) groups is 2. The minimum Gasteiger partial charge on any atom is -1.00 e. The summed E-state index contributed by atoms with van der Waals surface area (Å²) in [6.07, 6.45) is 2.52. The van der Waals surface area contributed by atoms with Crippen molar-refractivity contribution in [3.8, 4) is 0 Å². The van der Waals surface area contributed by atoms with Crippen LogP contribution in [0, 0.1) is 5.92 Å². The van der Waals surface area contributed by atoms with E-state index in [4.69, 9.17) is 4.74 Å². The van der Waals surface area contributed by atoms with Gasteiger partial charge in [-0.25, -0.2) is 4.79 Å². The van der Waals surface area contributed by atoms with Crippen molar-refractivity contribution in [2.45, 2.75) is 38.5 Å². The molecule has 2 atom stereocenters. The molecule has 0 saturated heterocycles. The number of ether oxygens (including phenoxy) is 2. The molecule has 1 fully saturated rings. The summed E-state index contributed by atoms with van der Waals surface area (Å²) >= 11 is 3.43. The zero-order valence-corrected chi connectivity index (χ0v) is 15.7. The molecule has 0 amide bonds. The summed E-state index contributed by atoms with van der Waals surface area (Å²) in [5.74, 6) is 0.124. The molecular weight excluding hydrogens is 360 g/mol. The smallest absolute Gasteiger partial charge is 1.00 e. The van der Waals surface area contributed by atoms with Gasteiger partial charge in [-0.15, -0.1) is 0 Å². The molecule has 0 radical (unpaired) electrons. The van der Waals surface area contributed by atoms with Crippen molar-refractivity contribution in [1.29, 1.82) is 0 Å². The van der Waals surface area contributed by atoms with Crippen molar-refractivity contribution in [3.05, 3.63) is 34.3 Å². The standard InChI is InChI=1S/C16H19BrO4.Mg.2H/c1-2-15(18)21-16(19)20-10-12-4-3-5-14(12)11-6-8-13(17)9-7-11;;;/h6-9,12,14H,2-5,10H2,1H3;;;/q;+2;2*-1. The molecule has 0 aliphatic heterocycles. The SMILES string of the molecule is CCC(=O)OC(=O)OCC1CCCC1c1ccc(Br)cc1.[H-].[H-].[Mg+2]. The molecule has 1 aromatic carbocycles. The zero-order chi connectivity index (χ0) is 15.2. The van der Waals surface area contributed by atoms with Crippen LogP contribution in [0.5, 0.6) is 0 Å². The van der Waals surface area contributed by atoms with Crippen LogP contribution in [-0.2, 0) is 14.3 Å². The summed E-state index contributed by atoms with van der Waals surface area (Å²) in [4.78, 5) is 22.4. The minimum absolute atomic E-state index is 0. The normalized spacial score (nSPS) is 20.1. The molecule has 0 aromatic heterocycles. The molecule has 6 heteroatoms. The Hall–Kier alpha value is -0.594. The number of rotatable bonds is 4. The molecule has 1 aliphatic rings. The molecule has 2 rings (SSSR count). The van der Waals surface area contributed by atoms with Gasteiger partial charge in [0.1, 0.15) is 0 Å². The van der Waals surface area contributed by atoms with E-state index in [2.05, 4.69) is 32.8 Å². The van der Waals surface area contributed by atoms with Crippen molar-refractivity contribution >= 4 is 51.1 Å². The summed E-state index contributed by atoms with van der Waals surface area (Å²) < 4.78 is 10.6. The van der Waals surface area contributed by atoms with Gasteiger partial charge in [0, 0.05) is 16.8 Å². The fourth-order valence-corrected chi connectivity index (χ4v) is 3.02. The van der Waals surface area contributed by atoms with E-state index in [0.29, 0.717) is 12.5 Å². The Kier molecular flexibility index (Phi) is 8.42. The largest absolute Gasteiger partial charge is 2.00 e. The molecule has 1 saturated carbocycles. The first kappa shape index (κ1) is 19.5. The zero-order valence-electron chi connectivity index (χ0n) is 14.7. The fourth-order valence-electron chi connectivity index (χ4n) is 2.75. The Labute approximate surface area is 158 Å². The van der Waals surface area contributed by atoms with Gasteiger partial charge in [0.15, 0.2) is 0 Å². The number of hydrogen-bond acceptors (Lipinski definition) is 4. The van der Waals surface area contributed by atoms with E-state index < -0.39 is 12.1 Å². The van der Waals surface area contributed by atoms with Crippen LogP contribution in [0.25, 0.3) is 0 Å². The summed E-state index contributed by atoms with van der Waals surface area (Å²) in [5.41, 5.74) is 1.27. The van der Waals surface area contributed by atoms with E-state index in [1.54, 1.807) is 6.92 Å².